The van der Waals surface area contributed by atoms with Crippen molar-refractivity contribution in [3.63, 3.8) is 0 Å². The van der Waals surface area contributed by atoms with Crippen LogP contribution in [0.3, 0.4) is 0 Å². The Kier molecular flexibility index (Phi) is 7.05. The Hall–Kier alpha value is -2.73. The van der Waals surface area contributed by atoms with E-state index in [4.69, 9.17) is 33.6 Å². The minimum atomic E-state index is -0.889. The van der Waals surface area contributed by atoms with E-state index in [0.29, 0.717) is 35.9 Å². The van der Waals surface area contributed by atoms with Gasteiger partial charge in [0.1, 0.15) is 12.9 Å². The zero-order chi connectivity index (χ0) is 28.2. The first-order valence-corrected chi connectivity index (χ1v) is 14.2. The standard InChI is InChI=1S/C29H38N2O9/c1-16-8-10-21-17(2)26(37-27-29(21)20(16)12-13-28(3,38-27)39-40-29)36-23(32)7-6-14-31-22-11-9-18(34-4)15-19(22)24(25(31)33)30-35-5/h9,11,15-17,20-21,26-27H,6-8,10,12-14H2,1-5H3/t16-,17-,20+,21+,26?,27-,28-,29-/m1/s1. The molecule has 4 saturated heterocycles. The summed E-state index contributed by atoms with van der Waals surface area (Å²) >= 11 is 0. The summed E-state index contributed by atoms with van der Waals surface area (Å²) in [5.41, 5.74) is 0.825. The number of carbonyl (C=O) groups excluding carboxylic acids is 2. The molecule has 218 valence electrons. The highest BCUT2D eigenvalue weighted by Crippen LogP contribution is 2.60. The quantitative estimate of drug-likeness (QED) is 0.279. The van der Waals surface area contributed by atoms with Gasteiger partial charge >= 0.3 is 5.97 Å². The second-order valence-corrected chi connectivity index (χ2v) is 11.8. The molecule has 1 aromatic carbocycles. The van der Waals surface area contributed by atoms with Crippen molar-refractivity contribution >= 4 is 23.3 Å². The fourth-order valence-electron chi connectivity index (χ4n) is 7.40. The lowest BCUT2D eigenvalue weighted by Crippen LogP contribution is -2.70. The topological polar surface area (TPSA) is 114 Å². The van der Waals surface area contributed by atoms with E-state index in [-0.39, 0.29) is 41.8 Å². The predicted octanol–water partition coefficient (Wildman–Crippen LogP) is 3.92. The number of hydrogen-bond donors (Lipinski definition) is 0. The maximum Gasteiger partial charge on any atom is 0.308 e. The van der Waals surface area contributed by atoms with Crippen LogP contribution in [0, 0.1) is 23.7 Å². The molecule has 0 aromatic heterocycles. The zero-order valence-electron chi connectivity index (χ0n) is 23.7. The van der Waals surface area contributed by atoms with Crippen LogP contribution in [0.4, 0.5) is 5.69 Å². The normalized spacial score (nSPS) is 39.0. The third-order valence-corrected chi connectivity index (χ3v) is 9.49. The predicted molar refractivity (Wildman–Crippen MR) is 141 cm³/mol. The van der Waals surface area contributed by atoms with Gasteiger partial charge in [0.25, 0.3) is 5.91 Å². The average Bonchev–Trinajstić information content (AvgIpc) is 3.04. The molecule has 11 nitrogen and oxygen atoms in total. The van der Waals surface area contributed by atoms with Crippen LogP contribution >= 0.6 is 0 Å². The summed E-state index contributed by atoms with van der Waals surface area (Å²) in [4.78, 5) is 44.6. The van der Waals surface area contributed by atoms with E-state index in [1.54, 1.807) is 30.2 Å². The number of ether oxygens (including phenoxy) is 4. The zero-order valence-corrected chi connectivity index (χ0v) is 23.7. The number of carbonyl (C=O) groups is 2. The number of amides is 1. The number of anilines is 1. The van der Waals surface area contributed by atoms with Gasteiger partial charge < -0.3 is 28.7 Å². The van der Waals surface area contributed by atoms with Crippen molar-refractivity contribution in [3.05, 3.63) is 23.8 Å². The summed E-state index contributed by atoms with van der Waals surface area (Å²) in [6.07, 6.45) is 2.74. The molecule has 11 heteroatoms. The van der Waals surface area contributed by atoms with E-state index >= 15 is 0 Å². The molecule has 40 heavy (non-hydrogen) atoms. The maximum absolute atomic E-state index is 13.1. The van der Waals surface area contributed by atoms with Crippen LogP contribution in [0.1, 0.15) is 64.9 Å². The van der Waals surface area contributed by atoms with Crippen molar-refractivity contribution in [1.29, 1.82) is 0 Å². The largest absolute Gasteiger partial charge is 0.497 e. The van der Waals surface area contributed by atoms with Crippen LogP contribution < -0.4 is 9.64 Å². The first-order chi connectivity index (χ1) is 19.2. The molecule has 1 aliphatic carbocycles. The van der Waals surface area contributed by atoms with Crippen molar-refractivity contribution in [2.45, 2.75) is 83.3 Å². The summed E-state index contributed by atoms with van der Waals surface area (Å²) in [6.45, 7) is 6.50. The Balaban J connectivity index is 1.11. The molecular weight excluding hydrogens is 520 g/mol. The number of nitrogens with zero attached hydrogens (tertiary/aromatic N) is 2. The van der Waals surface area contributed by atoms with Gasteiger partial charge in [0.15, 0.2) is 17.6 Å². The Labute approximate surface area is 233 Å². The van der Waals surface area contributed by atoms with Crippen molar-refractivity contribution in [1.82, 2.24) is 0 Å². The molecular formula is C29H38N2O9. The smallest absolute Gasteiger partial charge is 0.308 e. The summed E-state index contributed by atoms with van der Waals surface area (Å²) < 4.78 is 23.9. The van der Waals surface area contributed by atoms with E-state index < -0.39 is 24.0 Å². The van der Waals surface area contributed by atoms with Crippen LogP contribution in [-0.2, 0) is 38.4 Å². The van der Waals surface area contributed by atoms with Crippen molar-refractivity contribution in [3.8, 4) is 5.75 Å². The highest BCUT2D eigenvalue weighted by atomic mass is 17.3. The SMILES string of the molecule is CON=C1C(=O)N(CCCC(=O)OC2O[C@@H]3O[C@@]4(C)CC[C@H]5[C@H](C)CC[C@@H]([C@H]2C)[C@@]35OO4)c2ccc(OC)cc21. The fraction of sp³-hybridized carbons (Fsp3) is 0.690. The van der Waals surface area contributed by atoms with E-state index in [1.165, 1.54) is 7.11 Å². The molecule has 7 rings (SSSR count). The van der Waals surface area contributed by atoms with Crippen LogP contribution in [0.5, 0.6) is 5.75 Å². The van der Waals surface area contributed by atoms with E-state index in [0.717, 1.165) is 25.7 Å². The van der Waals surface area contributed by atoms with Gasteiger partial charge in [0, 0.05) is 36.8 Å². The number of fused-ring (bicyclic) bond motifs is 3. The van der Waals surface area contributed by atoms with Crippen molar-refractivity contribution < 1.29 is 43.1 Å². The lowest BCUT2D eigenvalue weighted by Gasteiger charge is -2.59. The molecule has 1 amide bonds. The molecule has 2 bridgehead atoms. The van der Waals surface area contributed by atoms with Gasteiger partial charge in [-0.3, -0.25) is 9.59 Å². The van der Waals surface area contributed by atoms with Gasteiger partial charge in [-0.05, 0) is 62.6 Å². The number of oxime groups is 1. The Morgan fingerprint density at radius 3 is 2.75 bits per heavy atom. The monoisotopic (exact) mass is 558 g/mol. The lowest BCUT2D eigenvalue weighted by molar-refractivity contribution is -0.576. The first kappa shape index (κ1) is 27.4. The third kappa shape index (κ3) is 4.29. The maximum atomic E-state index is 13.1. The second-order valence-electron chi connectivity index (χ2n) is 11.8. The van der Waals surface area contributed by atoms with Crippen LogP contribution in [-0.4, -0.2) is 62.3 Å². The number of hydrogen-bond acceptors (Lipinski definition) is 10. The molecule has 5 heterocycles. The van der Waals surface area contributed by atoms with Crippen LogP contribution in [0.25, 0.3) is 0 Å². The average molecular weight is 559 g/mol. The summed E-state index contributed by atoms with van der Waals surface area (Å²) in [5, 5.41) is 3.92. The Morgan fingerprint density at radius 2 is 1.98 bits per heavy atom. The van der Waals surface area contributed by atoms with Gasteiger partial charge in [-0.1, -0.05) is 19.0 Å². The molecule has 1 unspecified atom stereocenters. The van der Waals surface area contributed by atoms with Crippen molar-refractivity contribution in [2.75, 3.05) is 25.7 Å². The van der Waals surface area contributed by atoms with Gasteiger partial charge in [-0.25, -0.2) is 9.78 Å². The molecule has 0 N–H and O–H groups in total. The molecule has 1 spiro atoms. The molecule has 1 saturated carbocycles. The first-order valence-electron chi connectivity index (χ1n) is 14.2. The molecule has 0 radical (unpaired) electrons. The Bertz CT molecular complexity index is 1210. The van der Waals surface area contributed by atoms with Gasteiger partial charge in [0.2, 0.25) is 12.1 Å². The van der Waals surface area contributed by atoms with Crippen molar-refractivity contribution in [2.24, 2.45) is 28.8 Å². The minimum Gasteiger partial charge on any atom is -0.497 e. The molecule has 6 aliphatic rings. The highest BCUT2D eigenvalue weighted by Gasteiger charge is 2.69. The van der Waals surface area contributed by atoms with Gasteiger partial charge in [-0.15, -0.1) is 0 Å². The molecule has 5 fully saturated rings. The third-order valence-electron chi connectivity index (χ3n) is 9.49. The molecule has 5 aliphatic heterocycles. The van der Waals surface area contributed by atoms with Crippen LogP contribution in [0.2, 0.25) is 0 Å². The fourth-order valence-corrected chi connectivity index (χ4v) is 7.40. The van der Waals surface area contributed by atoms with Gasteiger partial charge in [-0.2, -0.15) is 0 Å². The Morgan fingerprint density at radius 1 is 1.15 bits per heavy atom. The summed E-state index contributed by atoms with van der Waals surface area (Å²) in [7, 11) is 2.96. The van der Waals surface area contributed by atoms with Gasteiger partial charge in [0.05, 0.1) is 12.8 Å². The van der Waals surface area contributed by atoms with E-state index in [9.17, 15) is 9.59 Å². The number of rotatable bonds is 7. The lowest BCUT2D eigenvalue weighted by atomic mass is 9.58. The summed E-state index contributed by atoms with van der Waals surface area (Å²) in [6, 6.07) is 5.34. The summed E-state index contributed by atoms with van der Waals surface area (Å²) in [5.74, 6) is -0.280. The van der Waals surface area contributed by atoms with Crippen LogP contribution in [0.15, 0.2) is 23.4 Å². The molecule has 8 atom stereocenters. The van der Waals surface area contributed by atoms with E-state index in [2.05, 4.69) is 12.1 Å². The highest BCUT2D eigenvalue weighted by molar-refractivity contribution is 6.54. The van der Waals surface area contributed by atoms with E-state index in [1.807, 2.05) is 13.8 Å². The number of methoxy groups -OCH3 is 1. The minimum absolute atomic E-state index is 0.0714. The number of benzene rings is 1. The number of esters is 1. The molecule has 1 aromatic rings. The second kappa shape index (κ2) is 10.3.